The van der Waals surface area contributed by atoms with Gasteiger partial charge in [-0.1, -0.05) is 17.7 Å². The molecule has 1 fully saturated rings. The molecular weight excluding hydrogens is 257 g/mol. The molecule has 2 atom stereocenters. The fraction of sp³-hybridized carbons (Fsp3) is 0.462. The Labute approximate surface area is 110 Å². The van der Waals surface area contributed by atoms with Crippen LogP contribution in [0.4, 0.5) is 4.39 Å². The van der Waals surface area contributed by atoms with E-state index in [1.165, 1.54) is 18.2 Å². The highest BCUT2D eigenvalue weighted by Crippen LogP contribution is 2.25. The van der Waals surface area contributed by atoms with Crippen LogP contribution >= 0.6 is 11.6 Å². The van der Waals surface area contributed by atoms with Crippen molar-refractivity contribution in [2.45, 2.75) is 19.4 Å². The second-order valence-corrected chi connectivity index (χ2v) is 5.04. The first-order valence-corrected chi connectivity index (χ1v) is 6.30. The van der Waals surface area contributed by atoms with Crippen LogP contribution in [0.25, 0.3) is 0 Å². The number of rotatable bonds is 2. The first-order valence-electron chi connectivity index (χ1n) is 5.92. The zero-order chi connectivity index (χ0) is 13.3. The highest BCUT2D eigenvalue weighted by atomic mass is 35.5. The van der Waals surface area contributed by atoms with Gasteiger partial charge >= 0.3 is 0 Å². The predicted molar refractivity (Wildman–Crippen MR) is 67.1 cm³/mol. The van der Waals surface area contributed by atoms with Crippen molar-refractivity contribution in [2.24, 2.45) is 5.92 Å². The van der Waals surface area contributed by atoms with E-state index in [4.69, 9.17) is 11.6 Å². The van der Waals surface area contributed by atoms with Gasteiger partial charge in [-0.3, -0.25) is 4.79 Å². The standard InChI is InChI=1S/C13H15ClFNO2/c1-8(17)9-5-6-16(7-9)13(18)12-10(14)3-2-4-11(12)15/h2-4,8-9,17H,5-7H2,1H3. The van der Waals surface area contributed by atoms with Gasteiger partial charge in [0.1, 0.15) is 5.82 Å². The van der Waals surface area contributed by atoms with E-state index >= 15 is 0 Å². The summed E-state index contributed by atoms with van der Waals surface area (Å²) in [6.07, 6.45) is 0.272. The van der Waals surface area contributed by atoms with E-state index in [0.717, 1.165) is 6.42 Å². The van der Waals surface area contributed by atoms with Crippen molar-refractivity contribution in [1.29, 1.82) is 0 Å². The summed E-state index contributed by atoms with van der Waals surface area (Å²) in [7, 11) is 0. The van der Waals surface area contributed by atoms with Crippen molar-refractivity contribution < 1.29 is 14.3 Å². The average molecular weight is 272 g/mol. The second-order valence-electron chi connectivity index (χ2n) is 4.64. The van der Waals surface area contributed by atoms with Crippen molar-refractivity contribution >= 4 is 17.5 Å². The average Bonchev–Trinajstić information content (AvgIpc) is 2.77. The largest absolute Gasteiger partial charge is 0.393 e. The lowest BCUT2D eigenvalue weighted by Gasteiger charge is -2.18. The molecule has 1 aromatic rings. The molecule has 1 saturated heterocycles. The Kier molecular flexibility index (Phi) is 3.88. The molecule has 1 N–H and O–H groups in total. The quantitative estimate of drug-likeness (QED) is 0.897. The van der Waals surface area contributed by atoms with Crippen LogP contribution in [-0.4, -0.2) is 35.1 Å². The Morgan fingerprint density at radius 1 is 1.61 bits per heavy atom. The minimum atomic E-state index is -0.604. The third kappa shape index (κ3) is 2.49. The summed E-state index contributed by atoms with van der Waals surface area (Å²) in [5, 5.41) is 9.62. The fourth-order valence-electron chi connectivity index (χ4n) is 2.23. The summed E-state index contributed by atoms with van der Waals surface area (Å²) < 4.78 is 13.6. The van der Waals surface area contributed by atoms with Crippen LogP contribution in [0.2, 0.25) is 5.02 Å². The molecule has 0 aliphatic carbocycles. The maximum Gasteiger partial charge on any atom is 0.258 e. The molecule has 18 heavy (non-hydrogen) atoms. The van der Waals surface area contributed by atoms with E-state index in [-0.39, 0.29) is 16.5 Å². The zero-order valence-corrected chi connectivity index (χ0v) is 10.8. The van der Waals surface area contributed by atoms with Crippen LogP contribution in [0.15, 0.2) is 18.2 Å². The molecular formula is C13H15ClFNO2. The Hall–Kier alpha value is -1.13. The van der Waals surface area contributed by atoms with Gasteiger partial charge in [0, 0.05) is 19.0 Å². The number of likely N-dealkylation sites (tertiary alicyclic amines) is 1. The van der Waals surface area contributed by atoms with Gasteiger partial charge in [0.25, 0.3) is 5.91 Å². The molecule has 0 bridgehead atoms. The number of amides is 1. The van der Waals surface area contributed by atoms with E-state index in [2.05, 4.69) is 0 Å². The molecule has 98 valence electrons. The molecule has 0 saturated carbocycles. The Morgan fingerprint density at radius 3 is 2.89 bits per heavy atom. The van der Waals surface area contributed by atoms with Gasteiger partial charge in [0.15, 0.2) is 0 Å². The molecule has 5 heteroatoms. The van der Waals surface area contributed by atoms with Gasteiger partial charge < -0.3 is 10.0 Å². The lowest BCUT2D eigenvalue weighted by Crippen LogP contribution is -2.31. The molecule has 1 aromatic carbocycles. The van der Waals surface area contributed by atoms with Crippen molar-refractivity contribution in [1.82, 2.24) is 4.90 Å². The summed E-state index contributed by atoms with van der Waals surface area (Å²) in [6.45, 7) is 2.68. The van der Waals surface area contributed by atoms with Gasteiger partial charge in [-0.15, -0.1) is 0 Å². The van der Waals surface area contributed by atoms with E-state index < -0.39 is 17.8 Å². The van der Waals surface area contributed by atoms with Crippen LogP contribution in [0.3, 0.4) is 0 Å². The second kappa shape index (κ2) is 5.24. The third-order valence-corrected chi connectivity index (χ3v) is 3.69. The molecule has 0 aromatic heterocycles. The van der Waals surface area contributed by atoms with Crippen LogP contribution in [0.1, 0.15) is 23.7 Å². The number of aliphatic hydroxyl groups is 1. The van der Waals surface area contributed by atoms with E-state index in [9.17, 15) is 14.3 Å². The van der Waals surface area contributed by atoms with Gasteiger partial charge in [-0.25, -0.2) is 4.39 Å². The number of carbonyl (C=O) groups is 1. The van der Waals surface area contributed by atoms with Crippen LogP contribution in [-0.2, 0) is 0 Å². The highest BCUT2D eigenvalue weighted by Gasteiger charge is 2.31. The maximum absolute atomic E-state index is 13.6. The smallest absolute Gasteiger partial charge is 0.258 e. The molecule has 1 amide bonds. The van der Waals surface area contributed by atoms with Crippen LogP contribution in [0, 0.1) is 11.7 Å². The molecule has 2 unspecified atom stereocenters. The highest BCUT2D eigenvalue weighted by molar-refractivity contribution is 6.33. The lowest BCUT2D eigenvalue weighted by atomic mass is 10.0. The summed E-state index contributed by atoms with van der Waals surface area (Å²) >= 11 is 5.86. The van der Waals surface area contributed by atoms with Gasteiger partial charge in [0.05, 0.1) is 16.7 Å². The summed E-state index contributed by atoms with van der Waals surface area (Å²) in [4.78, 5) is 13.7. The number of carbonyl (C=O) groups excluding carboxylic acids is 1. The minimum absolute atomic E-state index is 0.0551. The monoisotopic (exact) mass is 271 g/mol. The van der Waals surface area contributed by atoms with Gasteiger partial charge in [-0.2, -0.15) is 0 Å². The van der Waals surface area contributed by atoms with Crippen molar-refractivity contribution in [3.05, 3.63) is 34.6 Å². The molecule has 1 aliphatic heterocycles. The third-order valence-electron chi connectivity index (χ3n) is 3.37. The molecule has 1 heterocycles. The molecule has 0 radical (unpaired) electrons. The number of benzene rings is 1. The maximum atomic E-state index is 13.6. The first-order chi connectivity index (χ1) is 8.50. The van der Waals surface area contributed by atoms with Gasteiger partial charge in [0.2, 0.25) is 0 Å². The van der Waals surface area contributed by atoms with Crippen molar-refractivity contribution in [3.63, 3.8) is 0 Å². The van der Waals surface area contributed by atoms with Crippen LogP contribution in [0.5, 0.6) is 0 Å². The summed E-state index contributed by atoms with van der Waals surface area (Å²) in [5.74, 6) is -0.950. The Balaban J connectivity index is 2.18. The number of hydrogen-bond donors (Lipinski definition) is 1. The van der Waals surface area contributed by atoms with Crippen molar-refractivity contribution in [2.75, 3.05) is 13.1 Å². The molecule has 1 aliphatic rings. The van der Waals surface area contributed by atoms with E-state index in [1.54, 1.807) is 11.8 Å². The summed E-state index contributed by atoms with van der Waals surface area (Å²) in [6, 6.07) is 4.19. The number of hydrogen-bond acceptors (Lipinski definition) is 2. The predicted octanol–water partition coefficient (Wildman–Crippen LogP) is 2.32. The van der Waals surface area contributed by atoms with Crippen LogP contribution < -0.4 is 0 Å². The SMILES string of the molecule is CC(O)C1CCN(C(=O)c2c(F)cccc2Cl)C1. The Bertz CT molecular complexity index is 444. The van der Waals surface area contributed by atoms with E-state index in [1.807, 2.05) is 0 Å². The fourth-order valence-corrected chi connectivity index (χ4v) is 2.47. The molecule has 0 spiro atoms. The topological polar surface area (TPSA) is 40.5 Å². The number of halogens is 2. The summed E-state index contributed by atoms with van der Waals surface area (Å²) in [5.41, 5.74) is -0.0783. The minimum Gasteiger partial charge on any atom is -0.393 e. The Morgan fingerprint density at radius 2 is 2.33 bits per heavy atom. The van der Waals surface area contributed by atoms with Crippen molar-refractivity contribution in [3.8, 4) is 0 Å². The number of nitrogens with zero attached hydrogens (tertiary/aromatic N) is 1. The van der Waals surface area contributed by atoms with Gasteiger partial charge in [-0.05, 0) is 25.5 Å². The molecule has 2 rings (SSSR count). The molecule has 3 nitrogen and oxygen atoms in total. The number of aliphatic hydroxyl groups excluding tert-OH is 1. The zero-order valence-electron chi connectivity index (χ0n) is 10.1. The lowest BCUT2D eigenvalue weighted by molar-refractivity contribution is 0.0758. The van der Waals surface area contributed by atoms with E-state index in [0.29, 0.717) is 13.1 Å². The first kappa shape index (κ1) is 13.3. The normalized spacial score (nSPS) is 21.1.